The highest BCUT2D eigenvalue weighted by Gasteiger charge is 2.27. The molecule has 1 N–H and O–H groups in total. The first-order chi connectivity index (χ1) is 10.5. The van der Waals surface area contributed by atoms with Crippen molar-refractivity contribution in [1.29, 1.82) is 0 Å². The Morgan fingerprint density at radius 2 is 2.23 bits per heavy atom. The predicted molar refractivity (Wildman–Crippen MR) is 77.6 cm³/mol. The van der Waals surface area contributed by atoms with E-state index in [1.54, 1.807) is 24.3 Å². The molecular formula is C14H15ClN2O5. The molecule has 1 saturated heterocycles. The normalized spacial score (nSPS) is 15.2. The second kappa shape index (κ2) is 7.13. The zero-order valence-corrected chi connectivity index (χ0v) is 12.6. The van der Waals surface area contributed by atoms with Gasteiger partial charge in [-0.25, -0.2) is 9.59 Å². The van der Waals surface area contributed by atoms with E-state index in [-0.39, 0.29) is 6.54 Å². The number of nitrogens with zero attached hydrogens (tertiary/aromatic N) is 1. The summed E-state index contributed by atoms with van der Waals surface area (Å²) in [6, 6.07) is 6.09. The fraction of sp³-hybridized carbons (Fsp3) is 0.357. The Labute approximate surface area is 132 Å². The van der Waals surface area contributed by atoms with Crippen molar-refractivity contribution in [2.45, 2.75) is 13.0 Å². The van der Waals surface area contributed by atoms with E-state index >= 15 is 0 Å². The van der Waals surface area contributed by atoms with Crippen molar-refractivity contribution in [3.63, 3.8) is 0 Å². The number of amides is 3. The lowest BCUT2D eigenvalue weighted by Crippen LogP contribution is -2.38. The molecule has 1 heterocycles. The number of urea groups is 1. The van der Waals surface area contributed by atoms with Crippen LogP contribution in [-0.2, 0) is 14.3 Å². The van der Waals surface area contributed by atoms with Gasteiger partial charge < -0.3 is 14.8 Å². The minimum atomic E-state index is -0.904. The molecule has 2 rings (SSSR count). The van der Waals surface area contributed by atoms with E-state index in [2.05, 4.69) is 5.32 Å². The summed E-state index contributed by atoms with van der Waals surface area (Å²) in [5, 5.41) is 2.97. The molecule has 0 aromatic heterocycles. The molecule has 118 valence electrons. The average Bonchev–Trinajstić information content (AvgIpc) is 2.90. The molecule has 0 unspecified atom stereocenters. The molecule has 0 radical (unpaired) electrons. The minimum Gasteiger partial charge on any atom is -0.479 e. The van der Waals surface area contributed by atoms with Crippen LogP contribution in [0.15, 0.2) is 24.3 Å². The molecule has 8 heteroatoms. The summed E-state index contributed by atoms with van der Waals surface area (Å²) in [5.74, 6) is -0.853. The molecule has 1 aliphatic rings. The lowest BCUT2D eigenvalue weighted by Gasteiger charge is -2.15. The highest BCUT2D eigenvalue weighted by Crippen LogP contribution is 2.18. The van der Waals surface area contributed by atoms with Crippen LogP contribution in [0.25, 0.3) is 0 Å². The van der Waals surface area contributed by atoms with Crippen molar-refractivity contribution in [3.8, 4) is 5.75 Å². The van der Waals surface area contributed by atoms with Gasteiger partial charge in [-0.2, -0.15) is 0 Å². The zero-order chi connectivity index (χ0) is 16.1. The van der Waals surface area contributed by atoms with Crippen LogP contribution >= 0.6 is 11.6 Å². The third-order valence-electron chi connectivity index (χ3n) is 2.94. The van der Waals surface area contributed by atoms with Crippen LogP contribution in [0.1, 0.15) is 6.92 Å². The van der Waals surface area contributed by atoms with Gasteiger partial charge in [-0.05, 0) is 25.1 Å². The van der Waals surface area contributed by atoms with E-state index in [1.807, 2.05) is 0 Å². The highest BCUT2D eigenvalue weighted by atomic mass is 35.5. The molecule has 7 nitrogen and oxygen atoms in total. The molecule has 1 aliphatic heterocycles. The number of esters is 1. The van der Waals surface area contributed by atoms with Crippen molar-refractivity contribution in [2.75, 3.05) is 19.7 Å². The molecule has 3 amide bonds. The van der Waals surface area contributed by atoms with Gasteiger partial charge in [0.25, 0.3) is 5.91 Å². The summed E-state index contributed by atoms with van der Waals surface area (Å²) >= 11 is 5.81. The first-order valence-corrected chi connectivity index (χ1v) is 7.02. The first kappa shape index (κ1) is 16.1. The summed E-state index contributed by atoms with van der Waals surface area (Å²) in [6.07, 6.45) is -0.904. The Bertz CT molecular complexity index is 592. The molecule has 22 heavy (non-hydrogen) atoms. The van der Waals surface area contributed by atoms with Gasteiger partial charge in [-0.15, -0.1) is 0 Å². The summed E-state index contributed by atoms with van der Waals surface area (Å²) < 4.78 is 10.2. The molecule has 1 atom stereocenters. The molecule has 0 bridgehead atoms. The third-order valence-corrected chi connectivity index (χ3v) is 3.17. The Hall–Kier alpha value is -2.28. The van der Waals surface area contributed by atoms with Crippen LogP contribution < -0.4 is 10.1 Å². The molecule has 0 spiro atoms. The Kier molecular flexibility index (Phi) is 5.21. The second-order valence-corrected chi connectivity index (χ2v) is 5.04. The van der Waals surface area contributed by atoms with Gasteiger partial charge >= 0.3 is 12.0 Å². The van der Waals surface area contributed by atoms with Gasteiger partial charge in [0, 0.05) is 18.1 Å². The molecule has 1 aromatic carbocycles. The van der Waals surface area contributed by atoms with Gasteiger partial charge in [0.1, 0.15) is 5.75 Å². The van der Waals surface area contributed by atoms with Gasteiger partial charge in [0.2, 0.25) is 0 Å². The van der Waals surface area contributed by atoms with Crippen molar-refractivity contribution >= 4 is 29.5 Å². The Morgan fingerprint density at radius 1 is 1.45 bits per heavy atom. The number of benzene rings is 1. The van der Waals surface area contributed by atoms with E-state index in [0.29, 0.717) is 17.3 Å². The SMILES string of the molecule is C[C@@H](Oc1cccc(Cl)c1)C(=O)OCC(=O)N1CCNC1=O. The van der Waals surface area contributed by atoms with E-state index < -0.39 is 30.6 Å². The number of carbonyl (C=O) groups excluding carboxylic acids is 3. The maximum atomic E-state index is 11.8. The topological polar surface area (TPSA) is 84.9 Å². The van der Waals surface area contributed by atoms with Crippen LogP contribution in [0.5, 0.6) is 5.75 Å². The van der Waals surface area contributed by atoms with Gasteiger partial charge in [0.05, 0.1) is 0 Å². The van der Waals surface area contributed by atoms with Crippen LogP contribution in [-0.4, -0.2) is 48.6 Å². The number of ether oxygens (including phenoxy) is 2. The lowest BCUT2D eigenvalue weighted by molar-refractivity contribution is -0.156. The average molecular weight is 327 g/mol. The molecule has 1 fully saturated rings. The summed E-state index contributed by atoms with van der Waals surface area (Å²) in [6.45, 7) is 1.66. The van der Waals surface area contributed by atoms with E-state index in [1.165, 1.54) is 6.92 Å². The van der Waals surface area contributed by atoms with Crippen molar-refractivity contribution < 1.29 is 23.9 Å². The van der Waals surface area contributed by atoms with Crippen LogP contribution in [0.2, 0.25) is 5.02 Å². The second-order valence-electron chi connectivity index (χ2n) is 4.60. The maximum absolute atomic E-state index is 11.8. The quantitative estimate of drug-likeness (QED) is 0.822. The van der Waals surface area contributed by atoms with Crippen molar-refractivity contribution in [1.82, 2.24) is 10.2 Å². The van der Waals surface area contributed by atoms with Crippen LogP contribution in [0, 0.1) is 0 Å². The fourth-order valence-electron chi connectivity index (χ4n) is 1.83. The van der Waals surface area contributed by atoms with Crippen molar-refractivity contribution in [2.24, 2.45) is 0 Å². The monoisotopic (exact) mass is 326 g/mol. The lowest BCUT2D eigenvalue weighted by atomic mass is 10.3. The number of carbonyl (C=O) groups is 3. The smallest absolute Gasteiger partial charge is 0.347 e. The maximum Gasteiger partial charge on any atom is 0.347 e. The van der Waals surface area contributed by atoms with E-state index in [4.69, 9.17) is 21.1 Å². The van der Waals surface area contributed by atoms with Gasteiger partial charge in [-0.1, -0.05) is 17.7 Å². The predicted octanol–water partition coefficient (Wildman–Crippen LogP) is 1.20. The Balaban J connectivity index is 1.81. The van der Waals surface area contributed by atoms with E-state index in [0.717, 1.165) is 4.90 Å². The molecule has 1 aromatic rings. The van der Waals surface area contributed by atoms with Crippen LogP contribution in [0.3, 0.4) is 0 Å². The standard InChI is InChI=1S/C14H15ClN2O5/c1-9(22-11-4-2-3-10(15)7-11)13(19)21-8-12(18)17-6-5-16-14(17)20/h2-4,7,9H,5-6,8H2,1H3,(H,16,20)/t9-/m1/s1. The van der Waals surface area contributed by atoms with Crippen LogP contribution in [0.4, 0.5) is 4.79 Å². The number of rotatable bonds is 5. The molecule has 0 saturated carbocycles. The minimum absolute atomic E-state index is 0.268. The summed E-state index contributed by atoms with van der Waals surface area (Å²) in [7, 11) is 0. The molecule has 0 aliphatic carbocycles. The summed E-state index contributed by atoms with van der Waals surface area (Å²) in [4.78, 5) is 35.8. The number of hydrogen-bond donors (Lipinski definition) is 1. The largest absolute Gasteiger partial charge is 0.479 e. The fourth-order valence-corrected chi connectivity index (χ4v) is 2.01. The third kappa shape index (κ3) is 4.11. The zero-order valence-electron chi connectivity index (χ0n) is 11.9. The first-order valence-electron chi connectivity index (χ1n) is 6.64. The van der Waals surface area contributed by atoms with Crippen molar-refractivity contribution in [3.05, 3.63) is 29.3 Å². The van der Waals surface area contributed by atoms with E-state index in [9.17, 15) is 14.4 Å². The van der Waals surface area contributed by atoms with Gasteiger partial charge in [0.15, 0.2) is 12.7 Å². The number of hydrogen-bond acceptors (Lipinski definition) is 5. The molecular weight excluding hydrogens is 312 g/mol. The number of halogens is 1. The number of imide groups is 1. The highest BCUT2D eigenvalue weighted by molar-refractivity contribution is 6.30. The van der Waals surface area contributed by atoms with Gasteiger partial charge in [-0.3, -0.25) is 9.69 Å². The summed E-state index contributed by atoms with van der Waals surface area (Å²) in [5.41, 5.74) is 0. The number of nitrogens with one attached hydrogen (secondary N) is 1. The Morgan fingerprint density at radius 3 is 2.86 bits per heavy atom.